The van der Waals surface area contributed by atoms with Gasteiger partial charge in [0.1, 0.15) is 11.8 Å². The summed E-state index contributed by atoms with van der Waals surface area (Å²) in [6.45, 7) is 3.57. The zero-order chi connectivity index (χ0) is 21.9. The summed E-state index contributed by atoms with van der Waals surface area (Å²) in [7, 11) is 0. The summed E-state index contributed by atoms with van der Waals surface area (Å²) >= 11 is 1.66. The third-order valence-corrected chi connectivity index (χ3v) is 5.80. The number of carbonyl (C=O) groups is 2. The molecule has 2 aromatic rings. The zero-order valence-corrected chi connectivity index (χ0v) is 18.7. The Hall–Kier alpha value is -2.58. The van der Waals surface area contributed by atoms with E-state index in [0.29, 0.717) is 25.3 Å². The third-order valence-electron chi connectivity index (χ3n) is 5.15. The molecule has 0 bridgehead atoms. The molecule has 1 aliphatic rings. The summed E-state index contributed by atoms with van der Waals surface area (Å²) in [5, 5.41) is 2.88. The first-order valence-electron chi connectivity index (χ1n) is 10.5. The molecule has 8 heteroatoms. The first-order valence-corrected chi connectivity index (χ1v) is 11.9. The Bertz CT molecular complexity index is 814. The second kappa shape index (κ2) is 12.3. The van der Waals surface area contributed by atoms with E-state index >= 15 is 0 Å². The van der Waals surface area contributed by atoms with Gasteiger partial charge in [-0.25, -0.2) is 0 Å². The van der Waals surface area contributed by atoms with E-state index < -0.39 is 6.04 Å². The zero-order valence-electron chi connectivity index (χ0n) is 17.9. The predicted molar refractivity (Wildman–Crippen MR) is 123 cm³/mol. The normalized spacial score (nSPS) is 15.3. The summed E-state index contributed by atoms with van der Waals surface area (Å²) in [6.07, 6.45) is 4.40. The molecule has 0 saturated carbocycles. The molecule has 2 amide bonds. The molecule has 1 N–H and O–H groups in total. The monoisotopic (exact) mass is 442 g/mol. The number of hydrogen-bond donors (Lipinski definition) is 1. The van der Waals surface area contributed by atoms with E-state index in [1.807, 2.05) is 47.6 Å². The van der Waals surface area contributed by atoms with Crippen molar-refractivity contribution in [3.63, 3.8) is 0 Å². The molecular formula is C23H30N4O3S. The van der Waals surface area contributed by atoms with Gasteiger partial charge >= 0.3 is 0 Å². The number of thioether (sulfide) groups is 1. The van der Waals surface area contributed by atoms with Crippen LogP contribution in [0.25, 0.3) is 0 Å². The van der Waals surface area contributed by atoms with Crippen LogP contribution in [0, 0.1) is 0 Å². The molecule has 1 aliphatic heterocycles. The Kier molecular flexibility index (Phi) is 9.17. The van der Waals surface area contributed by atoms with Crippen LogP contribution in [0.2, 0.25) is 0 Å². The van der Waals surface area contributed by atoms with Crippen LogP contribution in [-0.2, 0) is 16.1 Å². The van der Waals surface area contributed by atoms with Crippen LogP contribution >= 0.6 is 11.8 Å². The summed E-state index contributed by atoms with van der Waals surface area (Å²) < 4.78 is 5.51. The largest absolute Gasteiger partial charge is 0.484 e. The number of hydrogen-bond acceptors (Lipinski definition) is 6. The molecule has 2 heterocycles. The van der Waals surface area contributed by atoms with Gasteiger partial charge in [0, 0.05) is 38.9 Å². The highest BCUT2D eigenvalue weighted by atomic mass is 32.2. The molecule has 1 aromatic heterocycles. The number of nitrogens with one attached hydrogen (secondary N) is 1. The lowest BCUT2D eigenvalue weighted by Crippen LogP contribution is -2.55. The fraction of sp³-hybridized carbons (Fsp3) is 0.435. The van der Waals surface area contributed by atoms with Gasteiger partial charge in [0.15, 0.2) is 6.61 Å². The molecule has 0 radical (unpaired) electrons. The quantitative estimate of drug-likeness (QED) is 0.607. The van der Waals surface area contributed by atoms with Crippen LogP contribution in [0.3, 0.4) is 0 Å². The molecule has 1 atom stereocenters. The van der Waals surface area contributed by atoms with Crippen molar-refractivity contribution in [1.29, 1.82) is 0 Å². The highest BCUT2D eigenvalue weighted by Crippen LogP contribution is 2.11. The van der Waals surface area contributed by atoms with Crippen molar-refractivity contribution in [2.75, 3.05) is 44.8 Å². The molecule has 0 aliphatic carbocycles. The van der Waals surface area contributed by atoms with Crippen molar-refractivity contribution in [2.45, 2.75) is 19.0 Å². The summed E-state index contributed by atoms with van der Waals surface area (Å²) in [4.78, 5) is 34.1. The number of amides is 2. The van der Waals surface area contributed by atoms with E-state index in [4.69, 9.17) is 4.74 Å². The lowest BCUT2D eigenvalue weighted by Gasteiger charge is -2.36. The molecule has 1 aromatic carbocycles. The maximum absolute atomic E-state index is 13.1. The summed E-state index contributed by atoms with van der Waals surface area (Å²) in [5.74, 6) is 1.14. The van der Waals surface area contributed by atoms with Gasteiger partial charge in [-0.3, -0.25) is 19.5 Å². The maximum atomic E-state index is 13.1. The molecule has 1 unspecified atom stereocenters. The van der Waals surface area contributed by atoms with Gasteiger partial charge in [-0.2, -0.15) is 11.8 Å². The van der Waals surface area contributed by atoms with Crippen LogP contribution in [0.4, 0.5) is 0 Å². The van der Waals surface area contributed by atoms with E-state index in [1.165, 1.54) is 0 Å². The number of benzene rings is 1. The van der Waals surface area contributed by atoms with Gasteiger partial charge < -0.3 is 15.0 Å². The fourth-order valence-corrected chi connectivity index (χ4v) is 3.93. The minimum atomic E-state index is -0.526. The van der Waals surface area contributed by atoms with Crippen LogP contribution < -0.4 is 10.1 Å². The number of ether oxygens (including phenoxy) is 1. The standard InChI is InChI=1S/C23H30N4O3S/c1-31-16-10-21(25-22(28)18-30-20-8-3-2-4-9-20)23(29)27-14-12-26(13-15-27)17-19-7-5-6-11-24-19/h2-9,11,21H,10,12-18H2,1H3,(H,25,28). The van der Waals surface area contributed by atoms with Crippen molar-refractivity contribution in [2.24, 2.45) is 0 Å². The number of rotatable bonds is 10. The summed E-state index contributed by atoms with van der Waals surface area (Å²) in [6, 6.07) is 14.6. The van der Waals surface area contributed by atoms with Gasteiger partial charge in [-0.1, -0.05) is 24.3 Å². The van der Waals surface area contributed by atoms with E-state index in [0.717, 1.165) is 31.1 Å². The number of pyridine rings is 1. The molecule has 1 saturated heterocycles. The van der Waals surface area contributed by atoms with Crippen LogP contribution in [0.15, 0.2) is 54.7 Å². The second-order valence-corrected chi connectivity index (χ2v) is 8.41. The molecule has 31 heavy (non-hydrogen) atoms. The molecular weight excluding hydrogens is 412 g/mol. The topological polar surface area (TPSA) is 74.8 Å². The number of nitrogens with zero attached hydrogens (tertiary/aromatic N) is 3. The number of piperazine rings is 1. The number of carbonyl (C=O) groups excluding carboxylic acids is 2. The van der Waals surface area contributed by atoms with Crippen molar-refractivity contribution < 1.29 is 14.3 Å². The van der Waals surface area contributed by atoms with Crippen LogP contribution in [-0.4, -0.2) is 77.4 Å². The van der Waals surface area contributed by atoms with Gasteiger partial charge in [0.2, 0.25) is 5.91 Å². The van der Waals surface area contributed by atoms with Crippen LogP contribution in [0.5, 0.6) is 5.75 Å². The Labute approximate surface area is 188 Å². The second-order valence-electron chi connectivity index (χ2n) is 7.43. The van der Waals surface area contributed by atoms with Crippen molar-refractivity contribution >= 4 is 23.6 Å². The molecule has 0 spiro atoms. The summed E-state index contributed by atoms with van der Waals surface area (Å²) in [5.41, 5.74) is 1.03. The average Bonchev–Trinajstić information content (AvgIpc) is 2.82. The first-order chi connectivity index (χ1) is 15.2. The maximum Gasteiger partial charge on any atom is 0.258 e. The minimum Gasteiger partial charge on any atom is -0.484 e. The SMILES string of the molecule is CSCCC(NC(=O)COc1ccccc1)C(=O)N1CCN(Cc2ccccn2)CC1. The predicted octanol–water partition coefficient (Wildman–Crippen LogP) is 2.04. The van der Waals surface area contributed by atoms with Crippen molar-refractivity contribution in [3.8, 4) is 5.75 Å². The Morgan fingerprint density at radius 3 is 2.52 bits per heavy atom. The number of para-hydroxylation sites is 1. The lowest BCUT2D eigenvalue weighted by atomic mass is 10.1. The van der Waals surface area contributed by atoms with Crippen molar-refractivity contribution in [3.05, 3.63) is 60.4 Å². The van der Waals surface area contributed by atoms with E-state index in [-0.39, 0.29) is 18.4 Å². The molecule has 1 fully saturated rings. The van der Waals surface area contributed by atoms with Gasteiger partial charge in [0.05, 0.1) is 5.69 Å². The Balaban J connectivity index is 1.49. The minimum absolute atomic E-state index is 0.0143. The van der Waals surface area contributed by atoms with Gasteiger partial charge in [0.25, 0.3) is 5.91 Å². The molecule has 166 valence electrons. The average molecular weight is 443 g/mol. The third kappa shape index (κ3) is 7.56. The van der Waals surface area contributed by atoms with Gasteiger partial charge in [-0.15, -0.1) is 0 Å². The molecule has 7 nitrogen and oxygen atoms in total. The number of aromatic nitrogens is 1. The molecule has 3 rings (SSSR count). The van der Waals surface area contributed by atoms with E-state index in [1.54, 1.807) is 30.1 Å². The Morgan fingerprint density at radius 2 is 1.84 bits per heavy atom. The van der Waals surface area contributed by atoms with E-state index in [2.05, 4.69) is 15.2 Å². The van der Waals surface area contributed by atoms with E-state index in [9.17, 15) is 9.59 Å². The van der Waals surface area contributed by atoms with Crippen molar-refractivity contribution in [1.82, 2.24) is 20.1 Å². The van der Waals surface area contributed by atoms with Gasteiger partial charge in [-0.05, 0) is 42.7 Å². The smallest absolute Gasteiger partial charge is 0.258 e. The fourth-order valence-electron chi connectivity index (χ4n) is 3.46. The van der Waals surface area contributed by atoms with Crippen LogP contribution in [0.1, 0.15) is 12.1 Å². The highest BCUT2D eigenvalue weighted by Gasteiger charge is 2.28. The first kappa shape index (κ1) is 23.1. The highest BCUT2D eigenvalue weighted by molar-refractivity contribution is 7.98. The Morgan fingerprint density at radius 1 is 1.10 bits per heavy atom. The lowest BCUT2D eigenvalue weighted by molar-refractivity contribution is -0.138.